The molecule has 0 spiro atoms. The lowest BCUT2D eigenvalue weighted by Crippen LogP contribution is -2.49. The standard InChI is InChI=1S/C26H37N3O4S/c1-6-23(26(31)27-7-2)28(19-22-12-9-8-10-13-22)25(30)14-11-17-29(34(5,32)33)24-18-20(3)15-16-21(24)4/h8-10,12-13,15-16,18,23H,6-7,11,14,17,19H2,1-5H3,(H,27,31)/t23-/m1/s1. The topological polar surface area (TPSA) is 86.8 Å². The van der Waals surface area contributed by atoms with Crippen LogP contribution in [0.3, 0.4) is 0 Å². The van der Waals surface area contributed by atoms with Crippen LogP contribution in [-0.4, -0.2) is 50.5 Å². The van der Waals surface area contributed by atoms with Crippen molar-refractivity contribution in [2.24, 2.45) is 0 Å². The van der Waals surface area contributed by atoms with Gasteiger partial charge in [-0.1, -0.05) is 49.4 Å². The average Bonchev–Trinajstić information content (AvgIpc) is 2.78. The summed E-state index contributed by atoms with van der Waals surface area (Å²) in [4.78, 5) is 27.6. The number of amides is 2. The number of carbonyl (C=O) groups is 2. The lowest BCUT2D eigenvalue weighted by atomic mass is 10.1. The maximum absolute atomic E-state index is 13.3. The van der Waals surface area contributed by atoms with E-state index >= 15 is 0 Å². The van der Waals surface area contributed by atoms with Crippen LogP contribution >= 0.6 is 0 Å². The summed E-state index contributed by atoms with van der Waals surface area (Å²) in [6.45, 7) is 8.52. The van der Waals surface area contributed by atoms with Crippen LogP contribution in [0.1, 0.15) is 49.8 Å². The molecule has 0 aliphatic rings. The Labute approximate surface area is 204 Å². The molecule has 1 atom stereocenters. The molecule has 0 unspecified atom stereocenters. The molecule has 0 heterocycles. The first-order chi connectivity index (χ1) is 16.1. The van der Waals surface area contributed by atoms with Gasteiger partial charge in [0.2, 0.25) is 21.8 Å². The van der Waals surface area contributed by atoms with Crippen LogP contribution in [0.2, 0.25) is 0 Å². The van der Waals surface area contributed by atoms with Crippen molar-refractivity contribution in [1.29, 1.82) is 0 Å². The summed E-state index contributed by atoms with van der Waals surface area (Å²) in [6.07, 6.45) is 2.15. The van der Waals surface area contributed by atoms with Crippen molar-refractivity contribution in [1.82, 2.24) is 10.2 Å². The number of anilines is 1. The minimum atomic E-state index is -3.52. The molecule has 2 aromatic rings. The van der Waals surface area contributed by atoms with Gasteiger partial charge in [0, 0.05) is 26.1 Å². The smallest absolute Gasteiger partial charge is 0.242 e. The molecule has 2 aromatic carbocycles. The van der Waals surface area contributed by atoms with Crippen molar-refractivity contribution in [3.8, 4) is 0 Å². The first-order valence-corrected chi connectivity index (χ1v) is 13.6. The molecule has 2 amide bonds. The molecule has 0 saturated carbocycles. The summed E-state index contributed by atoms with van der Waals surface area (Å²) in [5, 5.41) is 2.82. The molecular formula is C26H37N3O4S. The Kier molecular flexibility index (Phi) is 10.1. The van der Waals surface area contributed by atoms with Crippen molar-refractivity contribution in [2.75, 3.05) is 23.7 Å². The van der Waals surface area contributed by atoms with E-state index < -0.39 is 16.1 Å². The number of carbonyl (C=O) groups excluding carboxylic acids is 2. The quantitative estimate of drug-likeness (QED) is 0.493. The van der Waals surface area contributed by atoms with E-state index in [0.29, 0.717) is 31.6 Å². The van der Waals surface area contributed by atoms with E-state index in [9.17, 15) is 18.0 Å². The number of hydrogen-bond acceptors (Lipinski definition) is 4. The van der Waals surface area contributed by atoms with Gasteiger partial charge in [0.05, 0.1) is 11.9 Å². The third-order valence-corrected chi connectivity index (χ3v) is 6.90. The van der Waals surface area contributed by atoms with Gasteiger partial charge in [0.1, 0.15) is 6.04 Å². The summed E-state index contributed by atoms with van der Waals surface area (Å²) in [5.41, 5.74) is 3.39. The van der Waals surface area contributed by atoms with Gasteiger partial charge in [0.15, 0.2) is 0 Å². The summed E-state index contributed by atoms with van der Waals surface area (Å²) >= 11 is 0. The number of rotatable bonds is 12. The summed E-state index contributed by atoms with van der Waals surface area (Å²) in [7, 11) is -3.52. The third kappa shape index (κ3) is 7.58. The zero-order chi connectivity index (χ0) is 25.3. The number of sulfonamides is 1. The third-order valence-electron chi connectivity index (χ3n) is 5.72. The molecule has 0 bridgehead atoms. The Morgan fingerprint density at radius 2 is 1.71 bits per heavy atom. The number of benzene rings is 2. The van der Waals surface area contributed by atoms with Crippen LogP contribution in [-0.2, 0) is 26.2 Å². The lowest BCUT2D eigenvalue weighted by molar-refractivity contribution is -0.141. The molecule has 0 saturated heterocycles. The van der Waals surface area contributed by atoms with Crippen LogP contribution < -0.4 is 9.62 Å². The molecule has 0 fully saturated rings. The Balaban J connectivity index is 2.21. The fourth-order valence-electron chi connectivity index (χ4n) is 3.96. The largest absolute Gasteiger partial charge is 0.355 e. The lowest BCUT2D eigenvalue weighted by Gasteiger charge is -2.31. The molecule has 0 aliphatic carbocycles. The molecule has 1 N–H and O–H groups in total. The minimum Gasteiger partial charge on any atom is -0.355 e. The second-order valence-corrected chi connectivity index (χ2v) is 10.5. The van der Waals surface area contributed by atoms with E-state index in [-0.39, 0.29) is 24.8 Å². The van der Waals surface area contributed by atoms with Crippen LogP contribution in [0.25, 0.3) is 0 Å². The maximum Gasteiger partial charge on any atom is 0.242 e. The Hall–Kier alpha value is -2.87. The molecule has 7 nitrogen and oxygen atoms in total. The number of hydrogen-bond donors (Lipinski definition) is 1. The van der Waals surface area contributed by atoms with Crippen LogP contribution in [0.5, 0.6) is 0 Å². The minimum absolute atomic E-state index is 0.139. The highest BCUT2D eigenvalue weighted by Gasteiger charge is 2.28. The van der Waals surface area contributed by atoms with Gasteiger partial charge in [-0.15, -0.1) is 0 Å². The Bertz CT molecular complexity index is 1070. The zero-order valence-corrected chi connectivity index (χ0v) is 21.7. The normalized spacial score (nSPS) is 12.1. The van der Waals surface area contributed by atoms with Gasteiger partial charge >= 0.3 is 0 Å². The molecule has 0 radical (unpaired) electrons. The fraction of sp³-hybridized carbons (Fsp3) is 0.462. The van der Waals surface area contributed by atoms with Gasteiger partial charge in [-0.25, -0.2) is 8.42 Å². The van der Waals surface area contributed by atoms with E-state index in [0.717, 1.165) is 16.7 Å². The van der Waals surface area contributed by atoms with Gasteiger partial charge < -0.3 is 10.2 Å². The molecule has 2 rings (SSSR count). The van der Waals surface area contributed by atoms with Crippen LogP contribution in [0.4, 0.5) is 5.69 Å². The highest BCUT2D eigenvalue weighted by molar-refractivity contribution is 7.92. The van der Waals surface area contributed by atoms with Crippen molar-refractivity contribution in [3.63, 3.8) is 0 Å². The predicted molar refractivity (Wildman–Crippen MR) is 137 cm³/mol. The van der Waals surface area contributed by atoms with Crippen molar-refractivity contribution in [3.05, 3.63) is 65.2 Å². The Morgan fingerprint density at radius 3 is 2.29 bits per heavy atom. The molecule has 186 valence electrons. The molecule has 0 aromatic heterocycles. The Morgan fingerprint density at radius 1 is 1.03 bits per heavy atom. The van der Waals surface area contributed by atoms with Crippen molar-refractivity contribution < 1.29 is 18.0 Å². The first-order valence-electron chi connectivity index (χ1n) is 11.7. The highest BCUT2D eigenvalue weighted by Crippen LogP contribution is 2.25. The predicted octanol–water partition coefficient (Wildman–Crippen LogP) is 3.79. The number of nitrogens with zero attached hydrogens (tertiary/aromatic N) is 2. The highest BCUT2D eigenvalue weighted by atomic mass is 32.2. The van der Waals surface area contributed by atoms with E-state index in [1.807, 2.05) is 76.2 Å². The van der Waals surface area contributed by atoms with Gasteiger partial charge in [-0.05, 0) is 56.4 Å². The van der Waals surface area contributed by atoms with Crippen LogP contribution in [0, 0.1) is 13.8 Å². The molecule has 8 heteroatoms. The molecular weight excluding hydrogens is 450 g/mol. The van der Waals surface area contributed by atoms with E-state index in [4.69, 9.17) is 0 Å². The van der Waals surface area contributed by atoms with Gasteiger partial charge in [0.25, 0.3) is 0 Å². The van der Waals surface area contributed by atoms with Crippen molar-refractivity contribution in [2.45, 2.75) is 59.5 Å². The van der Waals surface area contributed by atoms with E-state index in [1.54, 1.807) is 4.90 Å². The number of likely N-dealkylation sites (N-methyl/N-ethyl adjacent to an activating group) is 1. The zero-order valence-electron chi connectivity index (χ0n) is 20.9. The van der Waals surface area contributed by atoms with E-state index in [2.05, 4.69) is 5.32 Å². The maximum atomic E-state index is 13.3. The summed E-state index contributed by atoms with van der Waals surface area (Å²) in [6, 6.07) is 14.7. The van der Waals surface area contributed by atoms with Gasteiger partial charge in [-0.2, -0.15) is 0 Å². The van der Waals surface area contributed by atoms with Crippen molar-refractivity contribution >= 4 is 27.5 Å². The molecule has 0 aliphatic heterocycles. The molecule has 34 heavy (non-hydrogen) atoms. The summed E-state index contributed by atoms with van der Waals surface area (Å²) in [5.74, 6) is -0.348. The average molecular weight is 488 g/mol. The number of nitrogens with one attached hydrogen (secondary N) is 1. The summed E-state index contributed by atoms with van der Waals surface area (Å²) < 4.78 is 26.4. The van der Waals surface area contributed by atoms with Gasteiger partial charge in [-0.3, -0.25) is 13.9 Å². The van der Waals surface area contributed by atoms with Crippen LogP contribution in [0.15, 0.2) is 48.5 Å². The number of aryl methyl sites for hydroxylation is 2. The van der Waals surface area contributed by atoms with E-state index in [1.165, 1.54) is 10.6 Å². The fourth-order valence-corrected chi connectivity index (χ4v) is 4.98. The first kappa shape index (κ1) is 27.4. The monoisotopic (exact) mass is 487 g/mol. The second-order valence-electron chi connectivity index (χ2n) is 8.55. The second kappa shape index (κ2) is 12.6. The SMILES string of the molecule is CCNC(=O)[C@@H](CC)N(Cc1ccccc1)C(=O)CCCN(c1cc(C)ccc1C)S(C)(=O)=O.